The van der Waals surface area contributed by atoms with Gasteiger partial charge in [0.25, 0.3) is 5.56 Å². The minimum atomic E-state index is -0.507. The fourth-order valence-corrected chi connectivity index (χ4v) is 4.70. The predicted molar refractivity (Wildman–Crippen MR) is 118 cm³/mol. The fourth-order valence-electron chi connectivity index (χ4n) is 4.70. The van der Waals surface area contributed by atoms with Crippen molar-refractivity contribution < 1.29 is 14.3 Å². The molecule has 1 aromatic carbocycles. The van der Waals surface area contributed by atoms with Gasteiger partial charge in [-0.3, -0.25) is 9.59 Å². The van der Waals surface area contributed by atoms with Gasteiger partial charge in [-0.15, -0.1) is 0 Å². The monoisotopic (exact) mass is 437 g/mol. The van der Waals surface area contributed by atoms with E-state index in [1.165, 1.54) is 4.68 Å². The van der Waals surface area contributed by atoms with Gasteiger partial charge in [-0.2, -0.15) is 10.2 Å². The predicted octanol–water partition coefficient (Wildman–Crippen LogP) is 1.95. The summed E-state index contributed by atoms with van der Waals surface area (Å²) in [6.07, 6.45) is 1.57. The maximum atomic E-state index is 13.1. The van der Waals surface area contributed by atoms with E-state index in [1.54, 1.807) is 4.68 Å². The van der Waals surface area contributed by atoms with Crippen molar-refractivity contribution in [1.82, 2.24) is 24.5 Å². The molecule has 0 atom stereocenters. The molecule has 2 aliphatic heterocycles. The first-order valence-electron chi connectivity index (χ1n) is 11.1. The molecule has 32 heavy (non-hydrogen) atoms. The smallest absolute Gasteiger partial charge is 0.295 e. The van der Waals surface area contributed by atoms with Crippen LogP contribution in [-0.4, -0.2) is 62.5 Å². The summed E-state index contributed by atoms with van der Waals surface area (Å²) in [6.45, 7) is 6.45. The van der Waals surface area contributed by atoms with Crippen molar-refractivity contribution in [1.29, 1.82) is 0 Å². The Morgan fingerprint density at radius 3 is 2.44 bits per heavy atom. The van der Waals surface area contributed by atoms with Crippen LogP contribution in [0.5, 0.6) is 0 Å². The van der Waals surface area contributed by atoms with Gasteiger partial charge < -0.3 is 14.4 Å². The molecule has 0 aliphatic carbocycles. The highest BCUT2D eigenvalue weighted by Crippen LogP contribution is 2.31. The SMILES string of the molecule is Cc1nn(CCC(=O)N2CCC3(CC2)OCCO3)c(=O)c2nn(-c3ccccc3)c(C)c12. The number of amides is 1. The Bertz CT molecular complexity index is 1200. The van der Waals surface area contributed by atoms with Crippen LogP contribution in [-0.2, 0) is 20.8 Å². The largest absolute Gasteiger partial charge is 0.347 e. The van der Waals surface area contributed by atoms with E-state index in [2.05, 4.69) is 10.2 Å². The van der Waals surface area contributed by atoms with Crippen LogP contribution in [0.2, 0.25) is 0 Å². The lowest BCUT2D eigenvalue weighted by Crippen LogP contribution is -2.47. The van der Waals surface area contributed by atoms with Gasteiger partial charge in [-0.25, -0.2) is 9.36 Å². The summed E-state index contributed by atoms with van der Waals surface area (Å²) < 4.78 is 14.6. The number of fused-ring (bicyclic) bond motifs is 1. The average Bonchev–Trinajstić information content (AvgIpc) is 3.41. The number of piperidine rings is 1. The van der Waals surface area contributed by atoms with Crippen molar-refractivity contribution in [2.24, 2.45) is 0 Å². The highest BCUT2D eigenvalue weighted by molar-refractivity contribution is 5.83. The van der Waals surface area contributed by atoms with Crippen LogP contribution in [0.25, 0.3) is 16.6 Å². The Hall–Kier alpha value is -3.04. The first-order chi connectivity index (χ1) is 15.5. The first-order valence-corrected chi connectivity index (χ1v) is 11.1. The van der Waals surface area contributed by atoms with Crippen molar-refractivity contribution >= 4 is 16.8 Å². The van der Waals surface area contributed by atoms with Gasteiger partial charge in [0.15, 0.2) is 11.3 Å². The van der Waals surface area contributed by atoms with Gasteiger partial charge in [-0.1, -0.05) is 18.2 Å². The summed E-state index contributed by atoms with van der Waals surface area (Å²) in [6, 6.07) is 9.70. The van der Waals surface area contributed by atoms with E-state index in [0.29, 0.717) is 44.7 Å². The Morgan fingerprint density at radius 1 is 1.06 bits per heavy atom. The van der Waals surface area contributed by atoms with E-state index in [0.717, 1.165) is 22.5 Å². The Morgan fingerprint density at radius 2 is 1.75 bits per heavy atom. The number of hydrogen-bond acceptors (Lipinski definition) is 6. The maximum Gasteiger partial charge on any atom is 0.295 e. The zero-order valence-corrected chi connectivity index (χ0v) is 18.4. The van der Waals surface area contributed by atoms with Crippen molar-refractivity contribution in [2.45, 2.75) is 45.4 Å². The molecule has 0 bridgehead atoms. The molecule has 4 heterocycles. The minimum absolute atomic E-state index is 0.00953. The van der Waals surface area contributed by atoms with Gasteiger partial charge in [-0.05, 0) is 26.0 Å². The molecule has 3 aromatic rings. The highest BCUT2D eigenvalue weighted by Gasteiger charge is 2.40. The number of ether oxygens (including phenoxy) is 2. The fraction of sp³-hybridized carbons (Fsp3) is 0.478. The molecule has 168 valence electrons. The van der Waals surface area contributed by atoms with E-state index < -0.39 is 5.79 Å². The summed E-state index contributed by atoms with van der Waals surface area (Å²) in [5.41, 5.74) is 2.58. The van der Waals surface area contributed by atoms with Gasteiger partial charge >= 0.3 is 0 Å². The van der Waals surface area contributed by atoms with E-state index in [9.17, 15) is 9.59 Å². The Labute approximate surface area is 185 Å². The standard InChI is InChI=1S/C23H27N5O4/c1-16-20-17(2)28(18-6-4-3-5-7-18)25-21(20)22(30)27(24-16)11-8-19(29)26-12-9-23(10-13-26)31-14-15-32-23/h3-7H,8-15H2,1-2H3. The molecular weight excluding hydrogens is 410 g/mol. The van der Waals surface area contributed by atoms with Gasteiger partial charge in [0, 0.05) is 32.4 Å². The molecule has 0 radical (unpaired) electrons. The molecule has 2 fully saturated rings. The summed E-state index contributed by atoms with van der Waals surface area (Å²) in [7, 11) is 0. The number of nitrogens with zero attached hydrogens (tertiary/aromatic N) is 5. The van der Waals surface area contributed by atoms with Gasteiger partial charge in [0.1, 0.15) is 0 Å². The quantitative estimate of drug-likeness (QED) is 0.620. The second-order valence-corrected chi connectivity index (χ2v) is 8.41. The third-order valence-corrected chi connectivity index (χ3v) is 6.42. The number of aromatic nitrogens is 4. The lowest BCUT2D eigenvalue weighted by Gasteiger charge is -2.37. The zero-order chi connectivity index (χ0) is 22.3. The highest BCUT2D eigenvalue weighted by atomic mass is 16.7. The number of aryl methyl sites for hydroxylation is 3. The van der Waals surface area contributed by atoms with Crippen LogP contribution in [0.3, 0.4) is 0 Å². The van der Waals surface area contributed by atoms with Crippen LogP contribution in [0.4, 0.5) is 0 Å². The lowest BCUT2D eigenvalue weighted by atomic mass is 10.0. The average molecular weight is 438 g/mol. The molecule has 0 N–H and O–H groups in total. The summed E-state index contributed by atoms with van der Waals surface area (Å²) >= 11 is 0. The van der Waals surface area contributed by atoms with E-state index >= 15 is 0 Å². The van der Waals surface area contributed by atoms with Crippen LogP contribution >= 0.6 is 0 Å². The number of carbonyl (C=O) groups is 1. The van der Waals surface area contributed by atoms with E-state index in [4.69, 9.17) is 9.47 Å². The molecule has 1 amide bonds. The molecule has 2 aromatic heterocycles. The van der Waals surface area contributed by atoms with E-state index in [-0.39, 0.29) is 24.4 Å². The molecule has 0 unspecified atom stereocenters. The second-order valence-electron chi connectivity index (χ2n) is 8.41. The molecular formula is C23H27N5O4. The van der Waals surface area contributed by atoms with E-state index in [1.807, 2.05) is 49.1 Å². The van der Waals surface area contributed by atoms with Crippen molar-refractivity contribution in [3.05, 3.63) is 52.1 Å². The van der Waals surface area contributed by atoms with Gasteiger partial charge in [0.05, 0.1) is 42.2 Å². The molecule has 9 nitrogen and oxygen atoms in total. The number of benzene rings is 1. The van der Waals surface area contributed by atoms with Crippen LogP contribution in [0.1, 0.15) is 30.7 Å². The molecule has 1 spiro atoms. The van der Waals surface area contributed by atoms with Crippen LogP contribution in [0, 0.1) is 13.8 Å². The van der Waals surface area contributed by atoms with Gasteiger partial charge in [0.2, 0.25) is 5.91 Å². The number of likely N-dealkylation sites (tertiary alicyclic amines) is 1. The third-order valence-electron chi connectivity index (χ3n) is 6.42. The van der Waals surface area contributed by atoms with Crippen LogP contribution < -0.4 is 5.56 Å². The third kappa shape index (κ3) is 3.61. The molecule has 0 saturated carbocycles. The zero-order valence-electron chi connectivity index (χ0n) is 18.4. The van der Waals surface area contributed by atoms with Crippen molar-refractivity contribution in [3.63, 3.8) is 0 Å². The molecule has 9 heteroatoms. The minimum Gasteiger partial charge on any atom is -0.347 e. The number of carbonyl (C=O) groups excluding carboxylic acids is 1. The summed E-state index contributed by atoms with van der Waals surface area (Å²) in [5, 5.41) is 9.83. The number of rotatable bonds is 4. The summed E-state index contributed by atoms with van der Waals surface area (Å²) in [5.74, 6) is -0.498. The maximum absolute atomic E-state index is 13.1. The lowest BCUT2D eigenvalue weighted by molar-refractivity contribution is -0.187. The topological polar surface area (TPSA) is 91.5 Å². The molecule has 2 aliphatic rings. The number of para-hydroxylation sites is 1. The Kier molecular flexibility index (Phi) is 5.30. The Balaban J connectivity index is 1.33. The second kappa shape index (κ2) is 8.14. The molecule has 5 rings (SSSR count). The summed E-state index contributed by atoms with van der Waals surface area (Å²) in [4.78, 5) is 27.7. The first kappa shape index (κ1) is 20.8. The van der Waals surface area contributed by atoms with Crippen molar-refractivity contribution in [3.8, 4) is 5.69 Å². The normalized spacial score (nSPS) is 18.0. The molecule has 2 saturated heterocycles. The van der Waals surface area contributed by atoms with Crippen molar-refractivity contribution in [2.75, 3.05) is 26.3 Å². The van der Waals surface area contributed by atoms with Crippen LogP contribution in [0.15, 0.2) is 35.1 Å². The number of hydrogen-bond donors (Lipinski definition) is 0.